The maximum atomic E-state index is 13.3. The van der Waals surface area contributed by atoms with Gasteiger partial charge in [-0.3, -0.25) is 15.0 Å². The first-order valence-electron chi connectivity index (χ1n) is 9.98. The number of halogens is 1. The van der Waals surface area contributed by atoms with Gasteiger partial charge in [-0.15, -0.1) is 0 Å². The lowest BCUT2D eigenvalue weighted by Crippen LogP contribution is -2.48. The van der Waals surface area contributed by atoms with Gasteiger partial charge in [-0.1, -0.05) is 12.1 Å². The number of hydrogen-bond acceptors (Lipinski definition) is 6. The van der Waals surface area contributed by atoms with Gasteiger partial charge in [0.1, 0.15) is 11.7 Å². The topological polar surface area (TPSA) is 49.6 Å². The van der Waals surface area contributed by atoms with Gasteiger partial charge in [-0.25, -0.2) is 9.37 Å². The van der Waals surface area contributed by atoms with E-state index in [9.17, 15) is 4.39 Å². The summed E-state index contributed by atoms with van der Waals surface area (Å²) in [5, 5.41) is 5.19. The summed E-state index contributed by atoms with van der Waals surface area (Å²) in [6.45, 7) is 3.40. The van der Waals surface area contributed by atoms with Gasteiger partial charge in [0.15, 0.2) is 0 Å². The van der Waals surface area contributed by atoms with Crippen LogP contribution in [0.25, 0.3) is 21.8 Å². The van der Waals surface area contributed by atoms with Crippen LogP contribution in [-0.2, 0) is 0 Å². The molecular weight excluding hydrogens is 411 g/mol. The number of likely N-dealkylation sites (N-methyl/N-ethyl adjacent to an activating group) is 1. The van der Waals surface area contributed by atoms with Crippen LogP contribution in [0.5, 0.6) is 0 Å². The van der Waals surface area contributed by atoms with Gasteiger partial charge in [-0.2, -0.15) is 4.37 Å². The highest BCUT2D eigenvalue weighted by atomic mass is 32.1. The zero-order chi connectivity index (χ0) is 21.4. The largest absolute Gasteiger partial charge is 0.305 e. The fourth-order valence-corrected chi connectivity index (χ4v) is 4.54. The monoisotopic (exact) mass is 432 g/mol. The van der Waals surface area contributed by atoms with Crippen molar-refractivity contribution in [2.24, 2.45) is 4.99 Å². The SMILES string of the molecule is Cc1cn(-c2ccc(/C=C/C3=NCCN(c4ccc(F)cc4)N3C)c3cnsc23)cn1. The lowest BCUT2D eigenvalue weighted by atomic mass is 10.1. The van der Waals surface area contributed by atoms with Gasteiger partial charge in [0.2, 0.25) is 0 Å². The number of fused-ring (bicyclic) bond motifs is 1. The third-order valence-electron chi connectivity index (χ3n) is 5.34. The molecule has 156 valence electrons. The van der Waals surface area contributed by atoms with E-state index in [1.54, 1.807) is 12.1 Å². The molecular formula is C23H21FN6S. The summed E-state index contributed by atoms with van der Waals surface area (Å²) in [4.78, 5) is 9.00. The van der Waals surface area contributed by atoms with Gasteiger partial charge in [0, 0.05) is 24.8 Å². The van der Waals surface area contributed by atoms with Gasteiger partial charge in [-0.05, 0) is 60.4 Å². The number of rotatable bonds is 4. The number of benzene rings is 2. The molecule has 2 aromatic heterocycles. The Balaban J connectivity index is 1.43. The second-order valence-corrected chi connectivity index (χ2v) is 8.16. The summed E-state index contributed by atoms with van der Waals surface area (Å²) in [5.74, 6) is 0.612. The summed E-state index contributed by atoms with van der Waals surface area (Å²) in [6.07, 6.45) is 9.84. The number of hydrazine groups is 1. The van der Waals surface area contributed by atoms with E-state index in [1.165, 1.54) is 23.7 Å². The quantitative estimate of drug-likeness (QED) is 0.469. The Morgan fingerprint density at radius 1 is 1.10 bits per heavy atom. The highest BCUT2D eigenvalue weighted by molar-refractivity contribution is 7.13. The van der Waals surface area contributed by atoms with Crippen molar-refractivity contribution in [3.8, 4) is 5.69 Å². The lowest BCUT2D eigenvalue weighted by molar-refractivity contribution is 0.440. The van der Waals surface area contributed by atoms with Crippen LogP contribution in [-0.4, -0.2) is 44.9 Å². The number of aryl methyl sites for hydroxylation is 1. The molecule has 31 heavy (non-hydrogen) atoms. The average molecular weight is 433 g/mol. The van der Waals surface area contributed by atoms with E-state index in [4.69, 9.17) is 0 Å². The summed E-state index contributed by atoms with van der Waals surface area (Å²) in [6, 6.07) is 10.7. The number of nitrogens with zero attached hydrogens (tertiary/aromatic N) is 6. The van der Waals surface area contributed by atoms with E-state index < -0.39 is 0 Å². The fraction of sp³-hybridized carbons (Fsp3) is 0.174. The Bertz CT molecular complexity index is 1290. The number of amidine groups is 1. The number of aliphatic imine (C=N–C) groups is 1. The van der Waals surface area contributed by atoms with Crippen LogP contribution in [0.1, 0.15) is 11.3 Å². The molecule has 3 heterocycles. The predicted octanol–water partition coefficient (Wildman–Crippen LogP) is 4.71. The third-order valence-corrected chi connectivity index (χ3v) is 6.16. The maximum absolute atomic E-state index is 13.3. The third kappa shape index (κ3) is 3.70. The van der Waals surface area contributed by atoms with Crippen molar-refractivity contribution in [2.75, 3.05) is 25.1 Å². The Morgan fingerprint density at radius 2 is 1.94 bits per heavy atom. The second kappa shape index (κ2) is 7.96. The van der Waals surface area contributed by atoms with Gasteiger partial charge in [0.25, 0.3) is 0 Å². The Hall–Kier alpha value is -3.52. The minimum atomic E-state index is -0.236. The van der Waals surface area contributed by atoms with Gasteiger partial charge < -0.3 is 4.57 Å². The predicted molar refractivity (Wildman–Crippen MR) is 124 cm³/mol. The molecule has 0 saturated heterocycles. The lowest BCUT2D eigenvalue weighted by Gasteiger charge is -2.37. The molecule has 0 N–H and O–H groups in total. The molecule has 1 aliphatic rings. The molecule has 6 nitrogen and oxygen atoms in total. The zero-order valence-corrected chi connectivity index (χ0v) is 18.1. The van der Waals surface area contributed by atoms with E-state index in [-0.39, 0.29) is 5.82 Å². The highest BCUT2D eigenvalue weighted by Crippen LogP contribution is 2.30. The first kappa shape index (κ1) is 19.4. The first-order valence-corrected chi connectivity index (χ1v) is 10.7. The fourth-order valence-electron chi connectivity index (χ4n) is 3.74. The van der Waals surface area contributed by atoms with Crippen molar-refractivity contribution < 1.29 is 4.39 Å². The first-order chi connectivity index (χ1) is 15.1. The normalized spacial score (nSPS) is 14.6. The van der Waals surface area contributed by atoms with Crippen molar-refractivity contribution in [3.63, 3.8) is 0 Å². The molecule has 8 heteroatoms. The Labute approximate surface area is 183 Å². The van der Waals surface area contributed by atoms with Crippen molar-refractivity contribution in [1.29, 1.82) is 0 Å². The minimum absolute atomic E-state index is 0.236. The molecule has 0 bridgehead atoms. The van der Waals surface area contributed by atoms with Gasteiger partial charge in [0.05, 0.1) is 41.2 Å². The van der Waals surface area contributed by atoms with Crippen LogP contribution < -0.4 is 5.01 Å². The van der Waals surface area contributed by atoms with E-state index in [0.717, 1.165) is 45.1 Å². The molecule has 0 saturated carbocycles. The molecule has 1 aliphatic heterocycles. The summed E-state index contributed by atoms with van der Waals surface area (Å²) in [7, 11) is 1.97. The molecule has 2 aromatic carbocycles. The van der Waals surface area contributed by atoms with Crippen molar-refractivity contribution in [2.45, 2.75) is 6.92 Å². The number of anilines is 1. The van der Waals surface area contributed by atoms with Crippen LogP contribution in [0.2, 0.25) is 0 Å². The smallest absolute Gasteiger partial charge is 0.142 e. The molecule has 0 radical (unpaired) electrons. The maximum Gasteiger partial charge on any atom is 0.142 e. The van der Waals surface area contributed by atoms with E-state index in [1.807, 2.05) is 48.3 Å². The van der Waals surface area contributed by atoms with Gasteiger partial charge >= 0.3 is 0 Å². The number of imidazole rings is 1. The van der Waals surface area contributed by atoms with E-state index >= 15 is 0 Å². The summed E-state index contributed by atoms with van der Waals surface area (Å²) in [5.41, 5.74) is 4.07. The molecule has 0 amide bonds. The molecule has 0 fully saturated rings. The second-order valence-electron chi connectivity index (χ2n) is 7.36. The molecule has 0 aliphatic carbocycles. The standard InChI is InChI=1S/C23H21FN6S/c1-16-14-29(15-26-16)21-9-3-17(20-13-27-31-23(20)21)4-10-22-25-11-12-30(28(22)2)19-7-5-18(24)6-8-19/h3-10,13-15H,11-12H2,1-2H3/b10-4+. The van der Waals surface area contributed by atoms with Crippen LogP contribution in [0.15, 0.2) is 66.2 Å². The van der Waals surface area contributed by atoms with Crippen LogP contribution in [0.3, 0.4) is 0 Å². The van der Waals surface area contributed by atoms with Crippen LogP contribution in [0.4, 0.5) is 10.1 Å². The molecule has 0 spiro atoms. The average Bonchev–Trinajstić information content (AvgIpc) is 3.43. The Morgan fingerprint density at radius 3 is 2.71 bits per heavy atom. The minimum Gasteiger partial charge on any atom is -0.305 e. The molecule has 0 unspecified atom stereocenters. The summed E-state index contributed by atoms with van der Waals surface area (Å²) >= 11 is 1.48. The van der Waals surface area contributed by atoms with E-state index in [2.05, 4.69) is 37.6 Å². The van der Waals surface area contributed by atoms with Crippen LogP contribution >= 0.6 is 11.5 Å². The van der Waals surface area contributed by atoms with Crippen molar-refractivity contribution in [1.82, 2.24) is 18.9 Å². The molecule has 0 atom stereocenters. The van der Waals surface area contributed by atoms with Crippen molar-refractivity contribution in [3.05, 3.63) is 78.3 Å². The zero-order valence-electron chi connectivity index (χ0n) is 17.2. The molecule has 4 aromatic rings. The number of aromatic nitrogens is 3. The van der Waals surface area contributed by atoms with Crippen LogP contribution in [0, 0.1) is 12.7 Å². The summed E-state index contributed by atoms with van der Waals surface area (Å²) < 4.78 is 20.9. The molecule has 5 rings (SSSR count). The van der Waals surface area contributed by atoms with E-state index in [0.29, 0.717) is 6.54 Å². The number of hydrogen-bond donors (Lipinski definition) is 0. The Kier molecular flexibility index (Phi) is 4.99. The van der Waals surface area contributed by atoms with Crippen molar-refractivity contribution >= 4 is 39.2 Å². The highest BCUT2D eigenvalue weighted by Gasteiger charge is 2.19.